The first-order valence-corrected chi connectivity index (χ1v) is 9.23. The fraction of sp³-hybridized carbons (Fsp3) is 0.500. The molecule has 0 bridgehead atoms. The molecule has 26 heavy (non-hydrogen) atoms. The summed E-state index contributed by atoms with van der Waals surface area (Å²) in [7, 11) is 2.15. The number of benzene rings is 1. The van der Waals surface area contributed by atoms with E-state index < -0.39 is 5.63 Å². The zero-order valence-electron chi connectivity index (χ0n) is 15.3. The van der Waals surface area contributed by atoms with Gasteiger partial charge in [0, 0.05) is 49.7 Å². The number of carbonyl (C=O) groups excluding carboxylic acids is 1. The normalized spacial score (nSPS) is 23.9. The zero-order valence-corrected chi connectivity index (χ0v) is 15.3. The molecule has 1 amide bonds. The third kappa shape index (κ3) is 3.52. The first-order chi connectivity index (χ1) is 12.5. The molecule has 2 aliphatic heterocycles. The second kappa shape index (κ2) is 6.85. The quantitative estimate of drug-likeness (QED) is 0.837. The highest BCUT2D eigenvalue weighted by Crippen LogP contribution is 2.22. The number of aryl methyl sites for hydroxylation is 1. The summed E-state index contributed by atoms with van der Waals surface area (Å²) in [4.78, 5) is 29.2. The van der Waals surface area contributed by atoms with Crippen molar-refractivity contribution >= 4 is 16.9 Å². The Bertz CT molecular complexity index is 891. The number of carbonyl (C=O) groups is 1. The maximum atomic E-state index is 12.6. The summed E-state index contributed by atoms with van der Waals surface area (Å²) in [5, 5.41) is 3.99. The summed E-state index contributed by atoms with van der Waals surface area (Å²) in [6.45, 7) is 6.09. The lowest BCUT2D eigenvalue weighted by atomic mass is 10.0. The fourth-order valence-electron chi connectivity index (χ4n) is 4.24. The van der Waals surface area contributed by atoms with Crippen molar-refractivity contribution in [2.75, 3.05) is 33.2 Å². The molecular weight excluding hydrogens is 330 g/mol. The van der Waals surface area contributed by atoms with Crippen LogP contribution in [0.15, 0.2) is 33.5 Å². The van der Waals surface area contributed by atoms with Gasteiger partial charge < -0.3 is 14.6 Å². The minimum atomic E-state index is -0.410. The molecule has 0 spiro atoms. The molecule has 0 unspecified atom stereocenters. The molecule has 0 saturated carbocycles. The van der Waals surface area contributed by atoms with E-state index in [1.165, 1.54) is 6.07 Å². The van der Waals surface area contributed by atoms with Crippen LogP contribution in [0.3, 0.4) is 0 Å². The Labute approximate surface area is 152 Å². The lowest BCUT2D eigenvalue weighted by Crippen LogP contribution is -2.48. The van der Waals surface area contributed by atoms with Gasteiger partial charge in [-0.05, 0) is 37.6 Å². The number of rotatable bonds is 3. The highest BCUT2D eigenvalue weighted by atomic mass is 16.4. The van der Waals surface area contributed by atoms with Gasteiger partial charge >= 0.3 is 5.63 Å². The predicted octanol–water partition coefficient (Wildman–Crippen LogP) is 1.15. The van der Waals surface area contributed by atoms with E-state index in [1.54, 1.807) is 0 Å². The molecule has 4 rings (SSSR count). The van der Waals surface area contributed by atoms with Crippen molar-refractivity contribution in [3.63, 3.8) is 0 Å². The van der Waals surface area contributed by atoms with Crippen LogP contribution in [-0.2, 0) is 11.2 Å². The van der Waals surface area contributed by atoms with Crippen molar-refractivity contribution < 1.29 is 9.21 Å². The van der Waals surface area contributed by atoms with Gasteiger partial charge in [0.15, 0.2) is 0 Å². The van der Waals surface area contributed by atoms with E-state index in [4.69, 9.17) is 4.42 Å². The molecule has 2 aliphatic rings. The molecule has 2 fully saturated rings. The standard InChI is InChI=1S/C20H25N3O3/c1-13-3-4-17-14(9-20(25)26-18(17)7-13)8-19(24)21-15-10-16-12-22(2)5-6-23(16)11-15/h3-4,7,9,15-16H,5-6,8,10-12H2,1-2H3,(H,21,24)/t15-,16-/m0/s1. The van der Waals surface area contributed by atoms with Crippen LogP contribution in [0.25, 0.3) is 11.0 Å². The van der Waals surface area contributed by atoms with Crippen LogP contribution in [0.4, 0.5) is 0 Å². The van der Waals surface area contributed by atoms with Crippen LogP contribution in [-0.4, -0.2) is 61.0 Å². The topological polar surface area (TPSA) is 65.8 Å². The van der Waals surface area contributed by atoms with E-state index >= 15 is 0 Å². The Kier molecular flexibility index (Phi) is 4.54. The number of likely N-dealkylation sites (N-methyl/N-ethyl adjacent to an activating group) is 1. The number of nitrogens with zero attached hydrogens (tertiary/aromatic N) is 2. The molecule has 138 valence electrons. The third-order valence-corrected chi connectivity index (χ3v) is 5.52. The summed E-state index contributed by atoms with van der Waals surface area (Å²) in [5.74, 6) is -0.0318. The van der Waals surface area contributed by atoms with Crippen molar-refractivity contribution in [2.45, 2.75) is 31.8 Å². The van der Waals surface area contributed by atoms with E-state index in [-0.39, 0.29) is 18.4 Å². The summed E-state index contributed by atoms with van der Waals surface area (Å²) < 4.78 is 5.27. The maximum absolute atomic E-state index is 12.6. The van der Waals surface area contributed by atoms with Crippen LogP contribution in [0, 0.1) is 6.92 Å². The van der Waals surface area contributed by atoms with Crippen molar-refractivity contribution in [2.24, 2.45) is 0 Å². The van der Waals surface area contributed by atoms with Crippen LogP contribution in [0.5, 0.6) is 0 Å². The smallest absolute Gasteiger partial charge is 0.336 e. The molecular formula is C20H25N3O3. The van der Waals surface area contributed by atoms with Crippen molar-refractivity contribution in [1.82, 2.24) is 15.1 Å². The molecule has 2 atom stereocenters. The Morgan fingerprint density at radius 2 is 2.12 bits per heavy atom. The fourth-order valence-corrected chi connectivity index (χ4v) is 4.24. The first kappa shape index (κ1) is 17.2. The molecule has 1 aromatic heterocycles. The van der Waals surface area contributed by atoms with Gasteiger partial charge in [-0.15, -0.1) is 0 Å². The largest absolute Gasteiger partial charge is 0.423 e. The summed E-state index contributed by atoms with van der Waals surface area (Å²) >= 11 is 0. The molecule has 0 radical (unpaired) electrons. The molecule has 2 aromatic rings. The van der Waals surface area contributed by atoms with E-state index in [0.29, 0.717) is 11.6 Å². The minimum Gasteiger partial charge on any atom is -0.423 e. The van der Waals surface area contributed by atoms with Crippen molar-refractivity contribution in [3.05, 3.63) is 45.8 Å². The van der Waals surface area contributed by atoms with Crippen LogP contribution in [0.2, 0.25) is 0 Å². The zero-order chi connectivity index (χ0) is 18.3. The second-order valence-electron chi connectivity index (χ2n) is 7.68. The van der Waals surface area contributed by atoms with Gasteiger partial charge in [0.25, 0.3) is 0 Å². The Hall–Kier alpha value is -2.18. The summed E-state index contributed by atoms with van der Waals surface area (Å²) in [6.07, 6.45) is 1.19. The Morgan fingerprint density at radius 1 is 1.27 bits per heavy atom. The van der Waals surface area contributed by atoms with Crippen LogP contribution >= 0.6 is 0 Å². The summed E-state index contributed by atoms with van der Waals surface area (Å²) in [5.41, 5.74) is 1.88. The molecule has 2 saturated heterocycles. The van der Waals surface area contributed by atoms with Gasteiger partial charge in [0.1, 0.15) is 5.58 Å². The van der Waals surface area contributed by atoms with Crippen LogP contribution < -0.4 is 10.9 Å². The lowest BCUT2D eigenvalue weighted by Gasteiger charge is -2.34. The Morgan fingerprint density at radius 3 is 2.96 bits per heavy atom. The molecule has 6 heteroatoms. The van der Waals surface area contributed by atoms with Crippen LogP contribution in [0.1, 0.15) is 17.5 Å². The number of hydrogen-bond acceptors (Lipinski definition) is 5. The summed E-state index contributed by atoms with van der Waals surface area (Å²) in [6, 6.07) is 7.88. The number of hydrogen-bond donors (Lipinski definition) is 1. The van der Waals surface area contributed by atoms with E-state index in [9.17, 15) is 9.59 Å². The van der Waals surface area contributed by atoms with E-state index in [1.807, 2.05) is 25.1 Å². The average Bonchev–Trinajstić information content (AvgIpc) is 2.95. The minimum absolute atomic E-state index is 0.0318. The lowest BCUT2D eigenvalue weighted by molar-refractivity contribution is -0.121. The molecule has 3 heterocycles. The third-order valence-electron chi connectivity index (χ3n) is 5.52. The Balaban J connectivity index is 1.46. The number of fused-ring (bicyclic) bond motifs is 2. The first-order valence-electron chi connectivity index (χ1n) is 9.23. The van der Waals surface area contributed by atoms with E-state index in [0.717, 1.165) is 49.1 Å². The number of piperazine rings is 1. The monoisotopic (exact) mass is 355 g/mol. The molecule has 1 N–H and O–H groups in total. The molecule has 0 aliphatic carbocycles. The number of nitrogens with one attached hydrogen (secondary N) is 1. The number of amides is 1. The van der Waals surface area contributed by atoms with E-state index in [2.05, 4.69) is 22.2 Å². The van der Waals surface area contributed by atoms with Crippen molar-refractivity contribution in [3.8, 4) is 0 Å². The molecule has 6 nitrogen and oxygen atoms in total. The van der Waals surface area contributed by atoms with Gasteiger partial charge in [0.05, 0.1) is 6.42 Å². The maximum Gasteiger partial charge on any atom is 0.336 e. The van der Waals surface area contributed by atoms with Gasteiger partial charge in [-0.2, -0.15) is 0 Å². The van der Waals surface area contributed by atoms with Gasteiger partial charge in [-0.1, -0.05) is 12.1 Å². The van der Waals surface area contributed by atoms with Gasteiger partial charge in [-0.3, -0.25) is 9.69 Å². The predicted molar refractivity (Wildman–Crippen MR) is 100 cm³/mol. The highest BCUT2D eigenvalue weighted by molar-refractivity contribution is 5.87. The van der Waals surface area contributed by atoms with Gasteiger partial charge in [0.2, 0.25) is 5.91 Å². The van der Waals surface area contributed by atoms with Gasteiger partial charge in [-0.25, -0.2) is 4.79 Å². The molecule has 1 aromatic carbocycles. The average molecular weight is 355 g/mol. The van der Waals surface area contributed by atoms with Crippen molar-refractivity contribution in [1.29, 1.82) is 0 Å². The highest BCUT2D eigenvalue weighted by Gasteiger charge is 2.35. The SMILES string of the molecule is Cc1ccc2c(CC(=O)N[C@H]3C[C@H]4CN(C)CCN4C3)cc(=O)oc2c1. The second-order valence-corrected chi connectivity index (χ2v) is 7.68.